The molecule has 7 heteroatoms. The Labute approximate surface area is 154 Å². The molecule has 1 aromatic carbocycles. The molecule has 0 saturated carbocycles. The Morgan fingerprint density at radius 3 is 2.35 bits per heavy atom. The van der Waals surface area contributed by atoms with E-state index < -0.39 is 24.1 Å². The van der Waals surface area contributed by atoms with Gasteiger partial charge in [-0.15, -0.1) is 0 Å². The first-order valence-corrected chi connectivity index (χ1v) is 9.22. The van der Waals surface area contributed by atoms with Crippen molar-refractivity contribution in [2.75, 3.05) is 13.1 Å². The molecule has 4 N–H and O–H groups in total. The maximum Gasteiger partial charge on any atom is 0.318 e. The monoisotopic (exact) mass is 363 g/mol. The fourth-order valence-electron chi connectivity index (χ4n) is 3.36. The van der Waals surface area contributed by atoms with Crippen molar-refractivity contribution in [3.8, 4) is 0 Å². The summed E-state index contributed by atoms with van der Waals surface area (Å²) in [6.07, 6.45) is 2.82. The van der Waals surface area contributed by atoms with Crippen molar-refractivity contribution in [1.82, 2.24) is 15.7 Å². The molecule has 0 unspecified atom stereocenters. The van der Waals surface area contributed by atoms with E-state index in [0.29, 0.717) is 19.0 Å². The molecule has 0 aliphatic carbocycles. The van der Waals surface area contributed by atoms with Gasteiger partial charge in [0.15, 0.2) is 0 Å². The van der Waals surface area contributed by atoms with Crippen LogP contribution in [0.25, 0.3) is 0 Å². The first-order valence-electron chi connectivity index (χ1n) is 9.22. The summed E-state index contributed by atoms with van der Waals surface area (Å²) in [4.78, 5) is 25.5. The third-order valence-corrected chi connectivity index (χ3v) is 4.93. The Balaban J connectivity index is 1.88. The average molecular weight is 363 g/mol. The molecule has 0 spiro atoms. The van der Waals surface area contributed by atoms with Crippen molar-refractivity contribution < 1.29 is 19.9 Å². The molecule has 1 heterocycles. The van der Waals surface area contributed by atoms with Crippen LogP contribution >= 0.6 is 0 Å². The Kier molecular flexibility index (Phi) is 7.41. The van der Waals surface area contributed by atoms with Gasteiger partial charge in [0.05, 0.1) is 6.10 Å². The van der Waals surface area contributed by atoms with Crippen LogP contribution in [0.4, 0.5) is 4.79 Å². The predicted molar refractivity (Wildman–Crippen MR) is 97.9 cm³/mol. The van der Waals surface area contributed by atoms with Gasteiger partial charge < -0.3 is 15.3 Å². The van der Waals surface area contributed by atoms with E-state index in [9.17, 15) is 14.7 Å². The van der Waals surface area contributed by atoms with Gasteiger partial charge in [-0.1, -0.05) is 37.6 Å². The van der Waals surface area contributed by atoms with Gasteiger partial charge in [0, 0.05) is 13.1 Å². The largest absolute Gasteiger partial charge is 0.391 e. The van der Waals surface area contributed by atoms with Crippen LogP contribution < -0.4 is 10.8 Å². The number of carbonyl (C=O) groups excluding carboxylic acids is 2. The van der Waals surface area contributed by atoms with Crippen LogP contribution in [0.3, 0.4) is 0 Å². The first kappa shape index (κ1) is 20.2. The molecule has 1 saturated heterocycles. The third kappa shape index (κ3) is 5.19. The molecule has 0 bridgehead atoms. The minimum absolute atomic E-state index is 0.406. The number of aliphatic hydroxyl groups excluding tert-OH is 1. The summed E-state index contributed by atoms with van der Waals surface area (Å²) in [5.74, 6) is -0.418. The fraction of sp³-hybridized carbons (Fsp3) is 0.579. The molecular weight excluding hydrogens is 334 g/mol. The molecule has 1 aromatic rings. The molecule has 1 fully saturated rings. The Bertz CT molecular complexity index is 595. The lowest BCUT2D eigenvalue weighted by Crippen LogP contribution is -2.56. The zero-order chi connectivity index (χ0) is 19.1. The maximum atomic E-state index is 12.3. The second-order valence-electron chi connectivity index (χ2n) is 6.90. The molecule has 7 nitrogen and oxygen atoms in total. The maximum absolute atomic E-state index is 12.3. The molecule has 1 aliphatic heterocycles. The van der Waals surface area contributed by atoms with Crippen molar-refractivity contribution in [2.45, 2.75) is 57.6 Å². The number of aliphatic hydroxyl groups is 1. The van der Waals surface area contributed by atoms with Crippen LogP contribution in [0.2, 0.25) is 0 Å². The summed E-state index contributed by atoms with van der Waals surface area (Å²) in [7, 11) is 0. The van der Waals surface area contributed by atoms with Crippen molar-refractivity contribution >= 4 is 11.9 Å². The average Bonchev–Trinajstić information content (AvgIpc) is 2.66. The molecule has 2 atom stereocenters. The van der Waals surface area contributed by atoms with Crippen molar-refractivity contribution in [1.29, 1.82) is 0 Å². The number of amides is 3. The standard InChI is InChI=1S/C19H29N3O4/c1-3-4-14-5-7-15(8-6-14)16-9-11-22(12-10-16)19(25)20-17(13(2)23)18(24)21-26/h5-8,13,16-17,23,26H,3-4,9-12H2,1-2H3,(H,20,25)(H,21,24)/t13-,17+/m0/s1. The molecule has 1 aliphatic rings. The highest BCUT2D eigenvalue weighted by Crippen LogP contribution is 2.28. The van der Waals surface area contributed by atoms with Gasteiger partial charge in [0.1, 0.15) is 6.04 Å². The van der Waals surface area contributed by atoms with Gasteiger partial charge in [-0.2, -0.15) is 0 Å². The number of benzene rings is 1. The highest BCUT2D eigenvalue weighted by Gasteiger charge is 2.29. The van der Waals surface area contributed by atoms with Crippen LogP contribution in [0.15, 0.2) is 24.3 Å². The zero-order valence-corrected chi connectivity index (χ0v) is 15.4. The van der Waals surface area contributed by atoms with Crippen molar-refractivity contribution in [2.24, 2.45) is 0 Å². The van der Waals surface area contributed by atoms with E-state index in [0.717, 1.165) is 25.7 Å². The molecular formula is C19H29N3O4. The van der Waals surface area contributed by atoms with Gasteiger partial charge >= 0.3 is 6.03 Å². The first-order chi connectivity index (χ1) is 12.5. The topological polar surface area (TPSA) is 102 Å². The number of hydroxylamine groups is 1. The summed E-state index contributed by atoms with van der Waals surface area (Å²) in [6, 6.07) is 7.13. The minimum Gasteiger partial charge on any atom is -0.391 e. The lowest BCUT2D eigenvalue weighted by atomic mass is 9.89. The van der Waals surface area contributed by atoms with Gasteiger partial charge in [0.2, 0.25) is 0 Å². The number of nitrogens with zero attached hydrogens (tertiary/aromatic N) is 1. The summed E-state index contributed by atoms with van der Waals surface area (Å²) in [6.45, 7) is 4.72. The van der Waals surface area contributed by atoms with E-state index >= 15 is 0 Å². The number of urea groups is 1. The highest BCUT2D eigenvalue weighted by molar-refractivity contribution is 5.86. The Morgan fingerprint density at radius 2 is 1.85 bits per heavy atom. The molecule has 144 valence electrons. The molecule has 0 radical (unpaired) electrons. The summed E-state index contributed by atoms with van der Waals surface area (Å²) in [5.41, 5.74) is 4.11. The second-order valence-corrected chi connectivity index (χ2v) is 6.90. The van der Waals surface area contributed by atoms with E-state index in [1.807, 2.05) is 0 Å². The number of piperidine rings is 1. The lowest BCUT2D eigenvalue weighted by Gasteiger charge is -2.33. The second kappa shape index (κ2) is 9.54. The summed E-state index contributed by atoms with van der Waals surface area (Å²) in [5, 5.41) is 20.8. The highest BCUT2D eigenvalue weighted by atomic mass is 16.5. The van der Waals surface area contributed by atoms with Gasteiger partial charge in [-0.25, -0.2) is 10.3 Å². The van der Waals surface area contributed by atoms with Gasteiger partial charge in [0.25, 0.3) is 5.91 Å². The van der Waals surface area contributed by atoms with E-state index in [4.69, 9.17) is 5.21 Å². The number of hydrogen-bond acceptors (Lipinski definition) is 4. The number of carbonyl (C=O) groups is 2. The van der Waals surface area contributed by atoms with E-state index in [1.54, 1.807) is 4.90 Å². The van der Waals surface area contributed by atoms with Crippen molar-refractivity contribution in [3.63, 3.8) is 0 Å². The normalized spacial score (nSPS) is 17.5. The van der Waals surface area contributed by atoms with Crippen LogP contribution in [-0.4, -0.2) is 52.4 Å². The van der Waals surface area contributed by atoms with Crippen LogP contribution in [0.5, 0.6) is 0 Å². The molecule has 3 amide bonds. The van der Waals surface area contributed by atoms with Gasteiger partial charge in [-0.3, -0.25) is 10.0 Å². The zero-order valence-electron chi connectivity index (χ0n) is 15.4. The SMILES string of the molecule is CCCc1ccc(C2CCN(C(=O)N[C@@H](C(=O)NO)[C@H](C)O)CC2)cc1. The Hall–Kier alpha value is -2.12. The minimum atomic E-state index is -1.18. The number of likely N-dealkylation sites (tertiary alicyclic amines) is 1. The van der Waals surface area contributed by atoms with E-state index in [-0.39, 0.29) is 0 Å². The van der Waals surface area contributed by atoms with Gasteiger partial charge in [-0.05, 0) is 43.2 Å². The van der Waals surface area contributed by atoms with E-state index in [2.05, 4.69) is 36.5 Å². The number of rotatable bonds is 6. The fourth-order valence-corrected chi connectivity index (χ4v) is 3.36. The number of nitrogens with one attached hydrogen (secondary N) is 2. The third-order valence-electron chi connectivity index (χ3n) is 4.93. The summed E-state index contributed by atoms with van der Waals surface area (Å²) < 4.78 is 0. The number of aryl methyl sites for hydroxylation is 1. The smallest absolute Gasteiger partial charge is 0.318 e. The Morgan fingerprint density at radius 1 is 1.23 bits per heavy atom. The van der Waals surface area contributed by atoms with Crippen LogP contribution in [0, 0.1) is 0 Å². The van der Waals surface area contributed by atoms with E-state index in [1.165, 1.54) is 23.5 Å². The van der Waals surface area contributed by atoms with Crippen LogP contribution in [-0.2, 0) is 11.2 Å². The molecule has 0 aromatic heterocycles. The molecule has 2 rings (SSSR count). The van der Waals surface area contributed by atoms with Crippen molar-refractivity contribution in [3.05, 3.63) is 35.4 Å². The lowest BCUT2D eigenvalue weighted by molar-refractivity contribution is -0.133. The molecule has 26 heavy (non-hydrogen) atoms. The predicted octanol–water partition coefficient (Wildman–Crippen LogP) is 1.78. The summed E-state index contributed by atoms with van der Waals surface area (Å²) >= 11 is 0. The number of hydrogen-bond donors (Lipinski definition) is 4. The quantitative estimate of drug-likeness (QED) is 0.457. The van der Waals surface area contributed by atoms with Crippen LogP contribution in [0.1, 0.15) is 50.2 Å².